The van der Waals surface area contributed by atoms with Crippen molar-refractivity contribution in [1.82, 2.24) is 10.1 Å². The van der Waals surface area contributed by atoms with E-state index in [-0.39, 0.29) is 5.91 Å². The van der Waals surface area contributed by atoms with Crippen LogP contribution in [-0.4, -0.2) is 49.3 Å². The Hall–Kier alpha value is -2.97. The van der Waals surface area contributed by atoms with E-state index in [1.165, 1.54) is 11.8 Å². The largest absolute Gasteiger partial charge is 0.493 e. The van der Waals surface area contributed by atoms with Crippen LogP contribution in [0.4, 0.5) is 5.69 Å². The molecular weight excluding hydrogens is 438 g/mol. The number of nitrogens with zero attached hydrogens (tertiary/aromatic N) is 2. The van der Waals surface area contributed by atoms with Gasteiger partial charge in [-0.05, 0) is 44.3 Å². The highest BCUT2D eigenvalue weighted by Gasteiger charge is 2.14. The summed E-state index contributed by atoms with van der Waals surface area (Å²) in [5.74, 6) is 2.41. The number of carbonyl (C=O) groups is 1. The maximum Gasteiger partial charge on any atom is 0.256 e. The number of aromatic nitrogens is 1. The second-order valence-electron chi connectivity index (χ2n) is 7.41. The second kappa shape index (κ2) is 12.3. The average Bonchev–Trinajstić information content (AvgIpc) is 3.26. The SMILES string of the molecule is CCN(CC)CCOc1cc(NC(=O)c2ccccc2SCc2cc(C)no2)ccc1OC. The van der Waals surface area contributed by atoms with E-state index in [1.807, 2.05) is 37.3 Å². The lowest BCUT2D eigenvalue weighted by Gasteiger charge is -2.19. The maximum atomic E-state index is 13.1. The molecule has 1 amide bonds. The number of ether oxygens (including phenoxy) is 2. The lowest BCUT2D eigenvalue weighted by atomic mass is 10.2. The van der Waals surface area contributed by atoms with E-state index < -0.39 is 0 Å². The lowest BCUT2D eigenvalue weighted by molar-refractivity contribution is 0.102. The summed E-state index contributed by atoms with van der Waals surface area (Å²) in [6, 6.07) is 14.8. The van der Waals surface area contributed by atoms with Crippen molar-refractivity contribution in [2.45, 2.75) is 31.4 Å². The fourth-order valence-electron chi connectivity index (χ4n) is 3.30. The summed E-state index contributed by atoms with van der Waals surface area (Å²) in [6.45, 7) is 9.44. The molecule has 0 aliphatic carbocycles. The molecule has 0 fully saturated rings. The Morgan fingerprint density at radius 3 is 2.61 bits per heavy atom. The third kappa shape index (κ3) is 7.00. The smallest absolute Gasteiger partial charge is 0.256 e. The molecule has 0 atom stereocenters. The van der Waals surface area contributed by atoms with Gasteiger partial charge in [0.05, 0.1) is 24.1 Å². The van der Waals surface area contributed by atoms with Crippen molar-refractivity contribution in [3.8, 4) is 11.5 Å². The van der Waals surface area contributed by atoms with Crippen LogP contribution in [0.15, 0.2) is 57.9 Å². The fourth-order valence-corrected chi connectivity index (χ4v) is 4.23. The van der Waals surface area contributed by atoms with Gasteiger partial charge in [0.1, 0.15) is 12.4 Å². The van der Waals surface area contributed by atoms with Gasteiger partial charge in [0.2, 0.25) is 0 Å². The highest BCUT2D eigenvalue weighted by molar-refractivity contribution is 7.98. The van der Waals surface area contributed by atoms with Crippen LogP contribution < -0.4 is 14.8 Å². The first kappa shape index (κ1) is 24.7. The maximum absolute atomic E-state index is 13.1. The van der Waals surface area contributed by atoms with E-state index in [1.54, 1.807) is 25.3 Å². The fraction of sp³-hybridized carbons (Fsp3) is 0.360. The Bertz CT molecular complexity index is 1050. The third-order valence-electron chi connectivity index (χ3n) is 5.16. The Morgan fingerprint density at radius 2 is 1.91 bits per heavy atom. The van der Waals surface area contributed by atoms with Crippen LogP contribution in [0.2, 0.25) is 0 Å². The number of anilines is 1. The van der Waals surface area contributed by atoms with Gasteiger partial charge in [-0.2, -0.15) is 0 Å². The molecule has 7 nitrogen and oxygen atoms in total. The number of amides is 1. The van der Waals surface area contributed by atoms with Gasteiger partial charge < -0.3 is 24.2 Å². The molecule has 0 spiro atoms. The summed E-state index contributed by atoms with van der Waals surface area (Å²) < 4.78 is 16.7. The van der Waals surface area contributed by atoms with Crippen molar-refractivity contribution < 1.29 is 18.8 Å². The predicted molar refractivity (Wildman–Crippen MR) is 131 cm³/mol. The molecule has 1 heterocycles. The van der Waals surface area contributed by atoms with E-state index in [0.29, 0.717) is 35.1 Å². The Morgan fingerprint density at radius 1 is 1.12 bits per heavy atom. The number of nitrogens with one attached hydrogen (secondary N) is 1. The normalized spacial score (nSPS) is 10.9. The predicted octanol–water partition coefficient (Wildman–Crippen LogP) is 5.26. The highest BCUT2D eigenvalue weighted by atomic mass is 32.2. The number of rotatable bonds is 12. The minimum Gasteiger partial charge on any atom is -0.493 e. The average molecular weight is 470 g/mol. The van der Waals surface area contributed by atoms with Gasteiger partial charge in [0.15, 0.2) is 11.5 Å². The van der Waals surface area contributed by atoms with Gasteiger partial charge in [0, 0.05) is 29.3 Å². The molecule has 0 aliphatic rings. The van der Waals surface area contributed by atoms with Crippen molar-refractivity contribution >= 4 is 23.4 Å². The summed E-state index contributed by atoms with van der Waals surface area (Å²) in [5.41, 5.74) is 2.08. The number of hydrogen-bond donors (Lipinski definition) is 1. The van der Waals surface area contributed by atoms with Gasteiger partial charge in [-0.1, -0.05) is 31.1 Å². The molecule has 33 heavy (non-hydrogen) atoms. The van der Waals surface area contributed by atoms with Crippen LogP contribution in [-0.2, 0) is 5.75 Å². The lowest BCUT2D eigenvalue weighted by Crippen LogP contribution is -2.28. The minimum absolute atomic E-state index is 0.189. The molecule has 3 aromatic rings. The zero-order chi connectivity index (χ0) is 23.6. The molecule has 8 heteroatoms. The molecule has 0 saturated heterocycles. The Kier molecular flexibility index (Phi) is 9.21. The number of benzene rings is 2. The zero-order valence-corrected chi connectivity index (χ0v) is 20.4. The van der Waals surface area contributed by atoms with Crippen molar-refractivity contribution in [2.75, 3.05) is 38.7 Å². The van der Waals surface area contributed by atoms with E-state index >= 15 is 0 Å². The molecule has 0 radical (unpaired) electrons. The quantitative estimate of drug-likeness (QED) is 0.363. The molecule has 2 aromatic carbocycles. The summed E-state index contributed by atoms with van der Waals surface area (Å²) in [4.78, 5) is 16.2. The number of thioether (sulfide) groups is 1. The molecular formula is C25H31N3O4S. The van der Waals surface area contributed by atoms with Gasteiger partial charge in [-0.3, -0.25) is 4.79 Å². The number of carbonyl (C=O) groups excluding carboxylic acids is 1. The number of aryl methyl sites for hydroxylation is 1. The van der Waals surface area contributed by atoms with Gasteiger partial charge in [0.25, 0.3) is 5.91 Å². The standard InChI is InChI=1S/C25H31N3O4S/c1-5-28(6-2)13-14-31-23-16-19(11-12-22(23)30-4)26-25(29)21-9-7-8-10-24(21)33-17-20-15-18(3)27-32-20/h7-12,15-16H,5-6,13-14,17H2,1-4H3,(H,26,29). The molecule has 0 saturated carbocycles. The van der Waals surface area contributed by atoms with Crippen LogP contribution in [0.25, 0.3) is 0 Å². The summed E-state index contributed by atoms with van der Waals surface area (Å²) >= 11 is 1.54. The highest BCUT2D eigenvalue weighted by Crippen LogP contribution is 2.31. The first-order valence-electron chi connectivity index (χ1n) is 11.0. The summed E-state index contributed by atoms with van der Waals surface area (Å²) in [5, 5.41) is 6.89. The molecule has 3 rings (SSSR count). The third-order valence-corrected chi connectivity index (χ3v) is 6.26. The van der Waals surface area contributed by atoms with Gasteiger partial charge in [-0.15, -0.1) is 11.8 Å². The van der Waals surface area contributed by atoms with Gasteiger partial charge in [-0.25, -0.2) is 0 Å². The monoisotopic (exact) mass is 469 g/mol. The molecule has 0 unspecified atom stereocenters. The molecule has 176 valence electrons. The first-order chi connectivity index (χ1) is 16.0. The van der Waals surface area contributed by atoms with Crippen molar-refractivity contribution in [2.24, 2.45) is 0 Å². The van der Waals surface area contributed by atoms with Crippen molar-refractivity contribution in [1.29, 1.82) is 0 Å². The number of likely N-dealkylation sites (N-methyl/N-ethyl adjacent to an activating group) is 1. The van der Waals surface area contributed by atoms with Crippen molar-refractivity contribution in [3.05, 3.63) is 65.5 Å². The molecule has 0 aliphatic heterocycles. The van der Waals surface area contributed by atoms with E-state index in [9.17, 15) is 4.79 Å². The molecule has 1 N–H and O–H groups in total. The molecule has 1 aromatic heterocycles. The van der Waals surface area contributed by atoms with E-state index in [2.05, 4.69) is 29.2 Å². The Labute approximate surface area is 199 Å². The van der Waals surface area contributed by atoms with Gasteiger partial charge >= 0.3 is 0 Å². The van der Waals surface area contributed by atoms with Crippen LogP contribution >= 0.6 is 11.8 Å². The number of hydrogen-bond acceptors (Lipinski definition) is 7. The van der Waals surface area contributed by atoms with Crippen molar-refractivity contribution in [3.63, 3.8) is 0 Å². The minimum atomic E-state index is -0.189. The van der Waals surface area contributed by atoms with E-state index in [0.717, 1.165) is 36.0 Å². The van der Waals surface area contributed by atoms with Crippen LogP contribution in [0.3, 0.4) is 0 Å². The summed E-state index contributed by atoms with van der Waals surface area (Å²) in [6.07, 6.45) is 0. The second-order valence-corrected chi connectivity index (χ2v) is 8.43. The van der Waals surface area contributed by atoms with Crippen LogP contribution in [0.1, 0.15) is 35.7 Å². The van der Waals surface area contributed by atoms with E-state index in [4.69, 9.17) is 14.0 Å². The first-order valence-corrected chi connectivity index (χ1v) is 12.0. The Balaban J connectivity index is 1.68. The van der Waals surface area contributed by atoms with Crippen LogP contribution in [0.5, 0.6) is 11.5 Å². The molecule has 0 bridgehead atoms. The number of methoxy groups -OCH3 is 1. The zero-order valence-electron chi connectivity index (χ0n) is 19.6. The van der Waals surface area contributed by atoms with Crippen LogP contribution in [0, 0.1) is 6.92 Å². The summed E-state index contributed by atoms with van der Waals surface area (Å²) in [7, 11) is 1.61. The topological polar surface area (TPSA) is 76.8 Å².